The van der Waals surface area contributed by atoms with Crippen LogP contribution in [0.25, 0.3) is 0 Å². The van der Waals surface area contributed by atoms with E-state index in [1.807, 2.05) is 23.0 Å². The molecule has 16 heavy (non-hydrogen) atoms. The van der Waals surface area contributed by atoms with Crippen LogP contribution in [0.15, 0.2) is 23.0 Å². The summed E-state index contributed by atoms with van der Waals surface area (Å²) in [7, 11) is 0. The number of aliphatic hydroxyl groups excluding tert-OH is 1. The van der Waals surface area contributed by atoms with Gasteiger partial charge in [-0.15, -0.1) is 0 Å². The highest BCUT2D eigenvalue weighted by Crippen LogP contribution is 2.06. The van der Waals surface area contributed by atoms with Gasteiger partial charge in [0.05, 0.1) is 6.61 Å². The van der Waals surface area contributed by atoms with E-state index < -0.39 is 0 Å². The van der Waals surface area contributed by atoms with E-state index in [1.165, 1.54) is 0 Å². The van der Waals surface area contributed by atoms with Crippen LogP contribution in [-0.2, 0) is 19.6 Å². The number of hydrogen-bond donors (Lipinski definition) is 1. The second kappa shape index (κ2) is 4.94. The van der Waals surface area contributed by atoms with Crippen molar-refractivity contribution in [3.8, 4) is 0 Å². The molecule has 86 valence electrons. The number of hydrogen-bond acceptors (Lipinski definition) is 4. The van der Waals surface area contributed by atoms with Crippen LogP contribution in [0.5, 0.6) is 0 Å². The van der Waals surface area contributed by atoms with Crippen molar-refractivity contribution in [3.63, 3.8) is 0 Å². The predicted octanol–water partition coefficient (Wildman–Crippen LogP) is 1.36. The van der Waals surface area contributed by atoms with Gasteiger partial charge in [0, 0.05) is 18.8 Å². The molecule has 2 aromatic heterocycles. The summed E-state index contributed by atoms with van der Waals surface area (Å²) in [6.07, 6.45) is 5.60. The maximum absolute atomic E-state index is 8.93. The maximum Gasteiger partial charge on any atom is 0.246 e. The summed E-state index contributed by atoms with van der Waals surface area (Å²) in [5.41, 5.74) is 0.883. The van der Waals surface area contributed by atoms with Crippen molar-refractivity contribution in [3.05, 3.63) is 35.7 Å². The molecule has 0 fully saturated rings. The molecular formula is C11H15N3O2. The summed E-state index contributed by atoms with van der Waals surface area (Å²) in [5, 5.41) is 12.8. The van der Waals surface area contributed by atoms with Gasteiger partial charge in [0.2, 0.25) is 5.89 Å². The smallest absolute Gasteiger partial charge is 0.246 e. The van der Waals surface area contributed by atoms with Crippen molar-refractivity contribution in [1.82, 2.24) is 14.7 Å². The van der Waals surface area contributed by atoms with Gasteiger partial charge in [-0.2, -0.15) is 4.98 Å². The van der Waals surface area contributed by atoms with E-state index in [0.29, 0.717) is 12.4 Å². The molecule has 5 heteroatoms. The van der Waals surface area contributed by atoms with Gasteiger partial charge in [-0.05, 0) is 18.1 Å². The van der Waals surface area contributed by atoms with E-state index in [9.17, 15) is 0 Å². The third kappa shape index (κ3) is 2.49. The van der Waals surface area contributed by atoms with Crippen LogP contribution in [0.3, 0.4) is 0 Å². The molecule has 0 aliphatic heterocycles. The lowest BCUT2D eigenvalue weighted by Gasteiger charge is -1.95. The Labute approximate surface area is 93.7 Å². The minimum Gasteiger partial charge on any atom is -0.392 e. The average Bonchev–Trinajstić information content (AvgIpc) is 2.89. The molecule has 0 aliphatic rings. The molecule has 0 spiro atoms. The van der Waals surface area contributed by atoms with E-state index in [4.69, 9.17) is 9.63 Å². The SMILES string of the molecule is CCCc1noc(Cn2ccc(CO)c2)n1. The fraction of sp³-hybridized carbons (Fsp3) is 0.455. The molecule has 2 aromatic rings. The third-order valence-corrected chi connectivity index (χ3v) is 2.30. The van der Waals surface area contributed by atoms with Crippen LogP contribution in [0.2, 0.25) is 0 Å². The van der Waals surface area contributed by atoms with Crippen LogP contribution in [0.1, 0.15) is 30.6 Å². The van der Waals surface area contributed by atoms with E-state index in [1.54, 1.807) is 0 Å². The molecule has 0 unspecified atom stereocenters. The second-order valence-corrected chi connectivity index (χ2v) is 3.70. The molecular weight excluding hydrogens is 206 g/mol. The van der Waals surface area contributed by atoms with Crippen LogP contribution in [0, 0.1) is 0 Å². The Kier molecular flexibility index (Phi) is 3.36. The molecule has 0 amide bonds. The maximum atomic E-state index is 8.93. The fourth-order valence-corrected chi connectivity index (χ4v) is 1.52. The zero-order valence-corrected chi connectivity index (χ0v) is 9.26. The van der Waals surface area contributed by atoms with Crippen molar-refractivity contribution >= 4 is 0 Å². The summed E-state index contributed by atoms with van der Waals surface area (Å²) >= 11 is 0. The number of aromatic nitrogens is 3. The van der Waals surface area contributed by atoms with Gasteiger partial charge in [0.25, 0.3) is 0 Å². The van der Waals surface area contributed by atoms with Crippen LogP contribution in [0.4, 0.5) is 0 Å². The summed E-state index contributed by atoms with van der Waals surface area (Å²) in [4.78, 5) is 4.27. The number of aryl methyl sites for hydroxylation is 1. The Bertz CT molecular complexity index is 448. The highest BCUT2D eigenvalue weighted by atomic mass is 16.5. The van der Waals surface area contributed by atoms with Crippen LogP contribution in [-0.4, -0.2) is 19.8 Å². The Morgan fingerprint density at radius 2 is 2.38 bits per heavy atom. The topological polar surface area (TPSA) is 64.1 Å². The van der Waals surface area contributed by atoms with Crippen LogP contribution >= 0.6 is 0 Å². The normalized spacial score (nSPS) is 10.9. The molecule has 2 rings (SSSR count). The molecule has 0 radical (unpaired) electrons. The monoisotopic (exact) mass is 221 g/mol. The molecule has 1 N–H and O–H groups in total. The lowest BCUT2D eigenvalue weighted by Crippen LogP contribution is -1.97. The van der Waals surface area contributed by atoms with E-state index in [0.717, 1.165) is 24.2 Å². The molecule has 0 aliphatic carbocycles. The van der Waals surface area contributed by atoms with E-state index >= 15 is 0 Å². The average molecular weight is 221 g/mol. The molecule has 2 heterocycles. The minimum atomic E-state index is 0.0535. The summed E-state index contributed by atoms with van der Waals surface area (Å²) in [6.45, 7) is 2.68. The highest BCUT2D eigenvalue weighted by molar-refractivity contribution is 5.09. The Morgan fingerprint density at radius 3 is 3.06 bits per heavy atom. The fourth-order valence-electron chi connectivity index (χ4n) is 1.52. The van der Waals surface area contributed by atoms with Crippen molar-refractivity contribution in [1.29, 1.82) is 0 Å². The largest absolute Gasteiger partial charge is 0.392 e. The molecule has 0 saturated heterocycles. The van der Waals surface area contributed by atoms with E-state index in [2.05, 4.69) is 17.1 Å². The zero-order chi connectivity index (χ0) is 11.4. The molecule has 0 aromatic carbocycles. The number of aliphatic hydroxyl groups is 1. The lowest BCUT2D eigenvalue weighted by molar-refractivity contribution is 0.281. The quantitative estimate of drug-likeness (QED) is 0.828. The van der Waals surface area contributed by atoms with Crippen LogP contribution < -0.4 is 0 Å². The molecule has 0 bridgehead atoms. The van der Waals surface area contributed by atoms with Crippen molar-refractivity contribution in [2.75, 3.05) is 0 Å². The first-order chi connectivity index (χ1) is 7.81. The third-order valence-electron chi connectivity index (χ3n) is 2.30. The lowest BCUT2D eigenvalue weighted by atomic mass is 10.3. The molecule has 5 nitrogen and oxygen atoms in total. The standard InChI is InChI=1S/C11H15N3O2/c1-2-3-10-12-11(16-13-10)7-14-5-4-9(6-14)8-15/h4-6,15H,2-3,7-8H2,1H3. The predicted molar refractivity (Wildman–Crippen MR) is 57.7 cm³/mol. The van der Waals surface area contributed by atoms with Crippen molar-refractivity contribution < 1.29 is 9.63 Å². The first-order valence-electron chi connectivity index (χ1n) is 5.38. The van der Waals surface area contributed by atoms with Gasteiger partial charge in [-0.25, -0.2) is 0 Å². The molecule has 0 atom stereocenters. The van der Waals surface area contributed by atoms with Gasteiger partial charge >= 0.3 is 0 Å². The summed E-state index contributed by atoms with van der Waals surface area (Å²) in [5.74, 6) is 1.36. The minimum absolute atomic E-state index is 0.0535. The van der Waals surface area contributed by atoms with Crippen molar-refractivity contribution in [2.24, 2.45) is 0 Å². The van der Waals surface area contributed by atoms with Gasteiger partial charge in [-0.3, -0.25) is 0 Å². The van der Waals surface area contributed by atoms with Crippen molar-refractivity contribution in [2.45, 2.75) is 32.9 Å². The van der Waals surface area contributed by atoms with Gasteiger partial charge in [0.15, 0.2) is 5.82 Å². The first kappa shape index (κ1) is 10.9. The Morgan fingerprint density at radius 1 is 1.50 bits per heavy atom. The summed E-state index contributed by atoms with van der Waals surface area (Å²) < 4.78 is 7.03. The number of nitrogens with zero attached hydrogens (tertiary/aromatic N) is 3. The highest BCUT2D eigenvalue weighted by Gasteiger charge is 2.06. The van der Waals surface area contributed by atoms with Gasteiger partial charge in [0.1, 0.15) is 6.54 Å². The van der Waals surface area contributed by atoms with Gasteiger partial charge < -0.3 is 14.2 Å². The zero-order valence-electron chi connectivity index (χ0n) is 9.26. The first-order valence-corrected chi connectivity index (χ1v) is 5.38. The Hall–Kier alpha value is -1.62. The second-order valence-electron chi connectivity index (χ2n) is 3.70. The van der Waals surface area contributed by atoms with E-state index in [-0.39, 0.29) is 6.61 Å². The molecule has 0 saturated carbocycles. The van der Waals surface area contributed by atoms with Gasteiger partial charge in [-0.1, -0.05) is 12.1 Å². The summed E-state index contributed by atoms with van der Waals surface area (Å²) in [6, 6.07) is 1.86. The Balaban J connectivity index is 2.02. The number of rotatable bonds is 5.